The molecule has 3 amide bonds. The van der Waals surface area contributed by atoms with Gasteiger partial charge in [0.15, 0.2) is 11.5 Å². The summed E-state index contributed by atoms with van der Waals surface area (Å²) in [5, 5.41) is 9.49. The van der Waals surface area contributed by atoms with Crippen LogP contribution < -0.4 is 9.47 Å². The second-order valence-electron chi connectivity index (χ2n) is 14.7. The van der Waals surface area contributed by atoms with Gasteiger partial charge < -0.3 is 33.6 Å². The van der Waals surface area contributed by atoms with Crippen LogP contribution in [0.1, 0.15) is 104 Å². The van der Waals surface area contributed by atoms with Gasteiger partial charge in [-0.15, -0.1) is 0 Å². The van der Waals surface area contributed by atoms with E-state index in [1.165, 1.54) is 0 Å². The third kappa shape index (κ3) is 11.0. The maximum Gasteiger partial charge on any atom is 0.410 e. The molecule has 3 rings (SSSR count). The number of nitrogens with zero attached hydrogens (tertiary/aromatic N) is 4. The van der Waals surface area contributed by atoms with Crippen LogP contribution >= 0.6 is 0 Å². The molecule has 1 aliphatic carbocycles. The Bertz CT molecular complexity index is 1260. The van der Waals surface area contributed by atoms with Crippen molar-refractivity contribution in [3.8, 4) is 17.6 Å². The Labute approximate surface area is 281 Å². The maximum atomic E-state index is 14.1. The molecule has 1 heterocycles. The van der Waals surface area contributed by atoms with Gasteiger partial charge in [0.05, 0.1) is 31.2 Å². The first kappa shape index (κ1) is 37.9. The Morgan fingerprint density at radius 3 is 2.26 bits per heavy atom. The molecule has 2 atom stereocenters. The number of hydrogen-bond donors (Lipinski definition) is 0. The summed E-state index contributed by atoms with van der Waals surface area (Å²) < 4.78 is 22.4. The predicted molar refractivity (Wildman–Crippen MR) is 179 cm³/mol. The van der Waals surface area contributed by atoms with Crippen LogP contribution in [0, 0.1) is 16.7 Å². The number of likely N-dealkylation sites (tertiary alicyclic amines) is 1. The SMILES string of the molecule is COCCCOc1cc(C(=O)N(C(C)C)[C@@H]2CC[C@@H](CCN(C(=O)CC(C)(C)C#N)C3CC3)N(C(=O)OC(C)(C)C)C2)ccc1OC. The van der Waals surface area contributed by atoms with E-state index >= 15 is 0 Å². The van der Waals surface area contributed by atoms with Crippen LogP contribution in [0.25, 0.3) is 0 Å². The first-order valence-corrected chi connectivity index (χ1v) is 16.9. The second kappa shape index (κ2) is 16.5. The monoisotopic (exact) mass is 656 g/mol. The molecule has 1 aliphatic heterocycles. The molecular weight excluding hydrogens is 600 g/mol. The summed E-state index contributed by atoms with van der Waals surface area (Å²) >= 11 is 0. The van der Waals surface area contributed by atoms with Crippen molar-refractivity contribution in [3.63, 3.8) is 0 Å². The highest BCUT2D eigenvalue weighted by Crippen LogP contribution is 2.34. The Hall–Kier alpha value is -3.52. The predicted octanol–water partition coefficient (Wildman–Crippen LogP) is 6.05. The van der Waals surface area contributed by atoms with Gasteiger partial charge in [-0.3, -0.25) is 9.59 Å². The molecule has 0 aromatic heterocycles. The molecule has 2 fully saturated rings. The van der Waals surface area contributed by atoms with Crippen LogP contribution in [0.3, 0.4) is 0 Å². The van der Waals surface area contributed by atoms with Crippen LogP contribution in [0.2, 0.25) is 0 Å². The van der Waals surface area contributed by atoms with E-state index in [1.807, 2.05) is 44.4 Å². The van der Waals surface area contributed by atoms with E-state index in [9.17, 15) is 19.6 Å². The molecule has 0 N–H and O–H groups in total. The van der Waals surface area contributed by atoms with Crippen molar-refractivity contribution in [3.05, 3.63) is 23.8 Å². The quantitative estimate of drug-likeness (QED) is 0.209. The number of methoxy groups -OCH3 is 2. The zero-order valence-electron chi connectivity index (χ0n) is 30.0. The summed E-state index contributed by atoms with van der Waals surface area (Å²) in [6.45, 7) is 14.9. The Morgan fingerprint density at radius 2 is 1.68 bits per heavy atom. The normalized spacial score (nSPS) is 18.4. The maximum absolute atomic E-state index is 14.1. The number of carbonyl (C=O) groups is 3. The van der Waals surface area contributed by atoms with Crippen LogP contribution in [0.15, 0.2) is 18.2 Å². The first-order valence-electron chi connectivity index (χ1n) is 16.9. The topological polar surface area (TPSA) is 122 Å². The molecule has 2 aliphatic rings. The molecule has 0 unspecified atom stereocenters. The van der Waals surface area contributed by atoms with E-state index in [2.05, 4.69) is 6.07 Å². The summed E-state index contributed by atoms with van der Waals surface area (Å²) in [4.78, 5) is 46.6. The van der Waals surface area contributed by atoms with Gasteiger partial charge in [-0.1, -0.05) is 0 Å². The zero-order valence-corrected chi connectivity index (χ0v) is 30.0. The van der Waals surface area contributed by atoms with Gasteiger partial charge in [0.1, 0.15) is 5.60 Å². The number of hydrogen-bond acceptors (Lipinski definition) is 8. The highest BCUT2D eigenvalue weighted by Gasteiger charge is 2.41. The van der Waals surface area contributed by atoms with Crippen LogP contribution in [0.5, 0.6) is 11.5 Å². The minimum atomic E-state index is -0.738. The minimum Gasteiger partial charge on any atom is -0.493 e. The average Bonchev–Trinajstić information content (AvgIpc) is 3.84. The fraction of sp³-hybridized carbons (Fsp3) is 0.722. The Morgan fingerprint density at radius 1 is 1.00 bits per heavy atom. The number of amides is 3. The molecule has 0 bridgehead atoms. The van der Waals surface area contributed by atoms with Gasteiger partial charge in [0.25, 0.3) is 5.91 Å². The summed E-state index contributed by atoms with van der Waals surface area (Å²) in [6.07, 6.45) is 4.31. The fourth-order valence-electron chi connectivity index (χ4n) is 6.06. The van der Waals surface area contributed by atoms with E-state index in [-0.39, 0.29) is 42.4 Å². The van der Waals surface area contributed by atoms with Crippen LogP contribution in [-0.4, -0.2) is 103 Å². The van der Waals surface area contributed by atoms with Gasteiger partial charge >= 0.3 is 6.09 Å². The third-order valence-corrected chi connectivity index (χ3v) is 8.56. The standard InChI is InChI=1S/C36H56N4O7/c1-25(2)40(33(42)26-11-16-30(45-9)31(21-26)46-20-10-19-44-8)29-15-14-28(39(23-29)34(43)47-35(3,4)5)17-18-38(27-12-13-27)32(41)22-36(6,7)24-37/h11,16,21,25,27-29H,10,12-15,17-20,22-23H2,1-9H3/t28-,29+/m0/s1. The Kier molecular flexibility index (Phi) is 13.3. The zero-order chi connectivity index (χ0) is 34.9. The fourth-order valence-corrected chi connectivity index (χ4v) is 6.06. The molecule has 0 spiro atoms. The van der Waals surface area contributed by atoms with Gasteiger partial charge in [-0.2, -0.15) is 5.26 Å². The molecule has 1 saturated carbocycles. The number of rotatable bonds is 15. The molecular formula is C36H56N4O7. The average molecular weight is 657 g/mol. The molecule has 1 aromatic rings. The summed E-state index contributed by atoms with van der Waals surface area (Å²) in [7, 11) is 3.21. The summed E-state index contributed by atoms with van der Waals surface area (Å²) in [5.74, 6) is 0.865. The van der Waals surface area contributed by atoms with E-state index in [1.54, 1.807) is 51.2 Å². The summed E-state index contributed by atoms with van der Waals surface area (Å²) in [6, 6.07) is 7.10. The van der Waals surface area contributed by atoms with Crippen molar-refractivity contribution >= 4 is 17.9 Å². The van der Waals surface area contributed by atoms with Crippen molar-refractivity contribution in [1.82, 2.24) is 14.7 Å². The third-order valence-electron chi connectivity index (χ3n) is 8.56. The lowest BCUT2D eigenvalue weighted by atomic mass is 9.90. The molecule has 0 radical (unpaired) electrons. The lowest BCUT2D eigenvalue weighted by Gasteiger charge is -2.45. The molecule has 11 nitrogen and oxygen atoms in total. The van der Waals surface area contributed by atoms with Crippen molar-refractivity contribution in [2.24, 2.45) is 5.41 Å². The van der Waals surface area contributed by atoms with Gasteiger partial charge in [0, 0.05) is 63.3 Å². The van der Waals surface area contributed by atoms with Gasteiger partial charge in [-0.25, -0.2) is 4.79 Å². The second-order valence-corrected chi connectivity index (χ2v) is 14.7. The lowest BCUT2D eigenvalue weighted by molar-refractivity contribution is -0.133. The van der Waals surface area contributed by atoms with Crippen LogP contribution in [0.4, 0.5) is 4.79 Å². The molecule has 11 heteroatoms. The number of nitriles is 1. The number of ether oxygens (including phenoxy) is 4. The lowest BCUT2D eigenvalue weighted by Crippen LogP contribution is -2.58. The highest BCUT2D eigenvalue weighted by molar-refractivity contribution is 5.95. The molecule has 1 aromatic carbocycles. The van der Waals surface area contributed by atoms with E-state index in [0.29, 0.717) is 69.0 Å². The highest BCUT2D eigenvalue weighted by atomic mass is 16.6. The number of carbonyl (C=O) groups excluding carboxylic acids is 3. The number of benzene rings is 1. The van der Waals surface area contributed by atoms with E-state index in [0.717, 1.165) is 12.8 Å². The number of piperidine rings is 1. The molecule has 47 heavy (non-hydrogen) atoms. The minimum absolute atomic E-state index is 0.0188. The van der Waals surface area contributed by atoms with E-state index in [4.69, 9.17) is 18.9 Å². The van der Waals surface area contributed by atoms with Crippen molar-refractivity contribution in [1.29, 1.82) is 5.26 Å². The van der Waals surface area contributed by atoms with Crippen LogP contribution in [-0.2, 0) is 14.3 Å². The summed E-state index contributed by atoms with van der Waals surface area (Å²) in [5.41, 5.74) is -0.951. The largest absolute Gasteiger partial charge is 0.493 e. The van der Waals surface area contributed by atoms with Gasteiger partial charge in [0.2, 0.25) is 5.91 Å². The first-order chi connectivity index (χ1) is 22.1. The molecule has 1 saturated heterocycles. The smallest absolute Gasteiger partial charge is 0.410 e. The van der Waals surface area contributed by atoms with Gasteiger partial charge in [-0.05, 0) is 98.8 Å². The van der Waals surface area contributed by atoms with E-state index < -0.39 is 17.1 Å². The van der Waals surface area contributed by atoms with Crippen molar-refractivity contribution in [2.75, 3.05) is 40.5 Å². The van der Waals surface area contributed by atoms with Crippen molar-refractivity contribution < 1.29 is 33.3 Å². The Balaban J connectivity index is 1.81. The van der Waals surface area contributed by atoms with Crippen molar-refractivity contribution in [2.45, 2.75) is 123 Å². The molecule has 262 valence electrons.